The van der Waals surface area contributed by atoms with E-state index in [4.69, 9.17) is 0 Å². The maximum Gasteiger partial charge on any atom is 0.127 e. The fourth-order valence-electron chi connectivity index (χ4n) is 3.57. The van der Waals surface area contributed by atoms with Crippen LogP contribution in [0.25, 0.3) is 0 Å². The smallest absolute Gasteiger partial charge is 0.127 e. The second-order valence-electron chi connectivity index (χ2n) is 7.96. The SMILES string of the molecule is CCCCC(C=O)c1ccc2c(c1)C(C)(C)CCC2(C)C. The molecule has 0 spiro atoms. The maximum atomic E-state index is 11.5. The molecule has 1 heteroatoms. The second kappa shape index (κ2) is 5.94. The number of carbonyl (C=O) groups excluding carboxylic acids is 1. The van der Waals surface area contributed by atoms with Crippen molar-refractivity contribution < 1.29 is 4.79 Å². The van der Waals surface area contributed by atoms with Gasteiger partial charge in [0.15, 0.2) is 0 Å². The van der Waals surface area contributed by atoms with Crippen LogP contribution in [-0.4, -0.2) is 6.29 Å². The van der Waals surface area contributed by atoms with Crippen molar-refractivity contribution in [3.8, 4) is 0 Å². The van der Waals surface area contributed by atoms with Crippen LogP contribution < -0.4 is 0 Å². The number of unbranched alkanes of at least 4 members (excludes halogenated alkanes) is 1. The Morgan fingerprint density at radius 2 is 1.71 bits per heavy atom. The number of carbonyl (C=O) groups is 1. The Labute approximate surface area is 130 Å². The molecule has 1 aromatic rings. The summed E-state index contributed by atoms with van der Waals surface area (Å²) in [4.78, 5) is 11.5. The van der Waals surface area contributed by atoms with E-state index in [1.54, 1.807) is 0 Å². The van der Waals surface area contributed by atoms with Crippen molar-refractivity contribution in [2.75, 3.05) is 0 Å². The first-order chi connectivity index (χ1) is 9.81. The zero-order valence-electron chi connectivity index (χ0n) is 14.3. The van der Waals surface area contributed by atoms with Gasteiger partial charge in [-0.05, 0) is 46.8 Å². The van der Waals surface area contributed by atoms with Gasteiger partial charge in [-0.15, -0.1) is 0 Å². The van der Waals surface area contributed by atoms with Crippen LogP contribution in [0, 0.1) is 0 Å². The molecular weight excluding hydrogens is 256 g/mol. The van der Waals surface area contributed by atoms with Crippen LogP contribution in [0.4, 0.5) is 0 Å². The molecule has 0 N–H and O–H groups in total. The predicted octanol–water partition coefficient (Wildman–Crippen LogP) is 5.51. The third-order valence-corrected chi connectivity index (χ3v) is 5.34. The van der Waals surface area contributed by atoms with Crippen LogP contribution in [0.3, 0.4) is 0 Å². The van der Waals surface area contributed by atoms with Crippen molar-refractivity contribution in [1.29, 1.82) is 0 Å². The van der Waals surface area contributed by atoms with Gasteiger partial charge in [-0.25, -0.2) is 0 Å². The first kappa shape index (κ1) is 16.3. The molecule has 1 aliphatic rings. The predicted molar refractivity (Wildman–Crippen MR) is 90.1 cm³/mol. The van der Waals surface area contributed by atoms with Gasteiger partial charge < -0.3 is 4.79 Å². The zero-order valence-corrected chi connectivity index (χ0v) is 14.3. The van der Waals surface area contributed by atoms with Gasteiger partial charge in [0, 0.05) is 5.92 Å². The number of fused-ring (bicyclic) bond motifs is 1. The molecule has 116 valence electrons. The molecule has 0 fully saturated rings. The van der Waals surface area contributed by atoms with E-state index in [-0.39, 0.29) is 16.7 Å². The Hall–Kier alpha value is -1.11. The van der Waals surface area contributed by atoms with Crippen molar-refractivity contribution in [2.45, 2.75) is 83.5 Å². The summed E-state index contributed by atoms with van der Waals surface area (Å²) >= 11 is 0. The zero-order chi connectivity index (χ0) is 15.7. The summed E-state index contributed by atoms with van der Waals surface area (Å²) in [6, 6.07) is 6.80. The number of aldehydes is 1. The monoisotopic (exact) mass is 286 g/mol. The first-order valence-corrected chi connectivity index (χ1v) is 8.42. The molecule has 1 atom stereocenters. The second-order valence-corrected chi connectivity index (χ2v) is 7.96. The van der Waals surface area contributed by atoms with Crippen LogP contribution in [0.1, 0.15) is 89.3 Å². The normalized spacial score (nSPS) is 20.6. The minimum Gasteiger partial charge on any atom is -0.303 e. The van der Waals surface area contributed by atoms with Crippen LogP contribution in [-0.2, 0) is 15.6 Å². The van der Waals surface area contributed by atoms with E-state index in [0.717, 1.165) is 25.5 Å². The molecule has 1 nitrogen and oxygen atoms in total. The number of rotatable bonds is 5. The fourth-order valence-corrected chi connectivity index (χ4v) is 3.57. The van der Waals surface area contributed by atoms with Gasteiger partial charge >= 0.3 is 0 Å². The van der Waals surface area contributed by atoms with E-state index in [0.29, 0.717) is 0 Å². The number of hydrogen-bond acceptors (Lipinski definition) is 1. The molecule has 21 heavy (non-hydrogen) atoms. The highest BCUT2D eigenvalue weighted by atomic mass is 16.1. The topological polar surface area (TPSA) is 17.1 Å². The van der Waals surface area contributed by atoms with Crippen LogP contribution in [0.2, 0.25) is 0 Å². The van der Waals surface area contributed by atoms with E-state index in [9.17, 15) is 4.79 Å². The minimum atomic E-state index is 0.0658. The first-order valence-electron chi connectivity index (χ1n) is 8.42. The lowest BCUT2D eigenvalue weighted by atomic mass is 9.62. The molecule has 1 unspecified atom stereocenters. The Morgan fingerprint density at radius 3 is 2.29 bits per heavy atom. The molecular formula is C20H30O. The van der Waals surface area contributed by atoms with Gasteiger partial charge in [-0.2, -0.15) is 0 Å². The molecule has 0 aromatic heterocycles. The lowest BCUT2D eigenvalue weighted by Crippen LogP contribution is -2.34. The van der Waals surface area contributed by atoms with Crippen LogP contribution in [0.15, 0.2) is 18.2 Å². The van der Waals surface area contributed by atoms with Crippen molar-refractivity contribution in [3.05, 3.63) is 34.9 Å². The highest BCUT2D eigenvalue weighted by Crippen LogP contribution is 2.46. The van der Waals surface area contributed by atoms with Crippen molar-refractivity contribution >= 4 is 6.29 Å². The van der Waals surface area contributed by atoms with Crippen molar-refractivity contribution in [2.24, 2.45) is 0 Å². The lowest BCUT2D eigenvalue weighted by Gasteiger charge is -2.42. The summed E-state index contributed by atoms with van der Waals surface area (Å²) in [6.45, 7) is 11.5. The summed E-state index contributed by atoms with van der Waals surface area (Å²) in [6.07, 6.45) is 6.83. The number of benzene rings is 1. The summed E-state index contributed by atoms with van der Waals surface area (Å²) < 4.78 is 0. The van der Waals surface area contributed by atoms with Gasteiger partial charge in [0.1, 0.15) is 6.29 Å². The third kappa shape index (κ3) is 3.22. The molecule has 1 aromatic carbocycles. The molecule has 0 heterocycles. The van der Waals surface area contributed by atoms with Gasteiger partial charge in [-0.1, -0.05) is 65.7 Å². The minimum absolute atomic E-state index is 0.0658. The van der Waals surface area contributed by atoms with Gasteiger partial charge in [0.25, 0.3) is 0 Å². The highest BCUT2D eigenvalue weighted by molar-refractivity contribution is 5.63. The van der Waals surface area contributed by atoms with Crippen LogP contribution >= 0.6 is 0 Å². The number of hydrogen-bond donors (Lipinski definition) is 0. The molecule has 0 bridgehead atoms. The molecule has 1 aliphatic carbocycles. The maximum absolute atomic E-state index is 11.5. The third-order valence-electron chi connectivity index (χ3n) is 5.34. The van der Waals surface area contributed by atoms with E-state index in [2.05, 4.69) is 52.8 Å². The van der Waals surface area contributed by atoms with E-state index in [1.807, 2.05) is 0 Å². The average molecular weight is 286 g/mol. The lowest BCUT2D eigenvalue weighted by molar-refractivity contribution is -0.109. The standard InChI is InChI=1S/C20H30O/c1-6-7-8-16(14-21)15-9-10-17-18(13-15)20(4,5)12-11-19(17,2)3/h9-10,13-14,16H,6-8,11-12H2,1-5H3. The molecule has 0 amide bonds. The summed E-state index contributed by atoms with van der Waals surface area (Å²) in [5, 5.41) is 0. The molecule has 0 aliphatic heterocycles. The van der Waals surface area contributed by atoms with Crippen LogP contribution in [0.5, 0.6) is 0 Å². The summed E-state index contributed by atoms with van der Waals surface area (Å²) in [7, 11) is 0. The fraction of sp³-hybridized carbons (Fsp3) is 0.650. The Balaban J connectivity index is 2.43. The summed E-state index contributed by atoms with van der Waals surface area (Å²) in [5.41, 5.74) is 4.62. The largest absolute Gasteiger partial charge is 0.303 e. The molecule has 0 saturated carbocycles. The van der Waals surface area contributed by atoms with E-state index in [1.165, 1.54) is 29.5 Å². The Bertz CT molecular complexity index is 511. The summed E-state index contributed by atoms with van der Waals surface area (Å²) in [5.74, 6) is 0.0658. The highest BCUT2D eigenvalue weighted by Gasteiger charge is 2.37. The van der Waals surface area contributed by atoms with Crippen molar-refractivity contribution in [3.63, 3.8) is 0 Å². The van der Waals surface area contributed by atoms with E-state index < -0.39 is 0 Å². The van der Waals surface area contributed by atoms with Gasteiger partial charge in [0.2, 0.25) is 0 Å². The Morgan fingerprint density at radius 1 is 1.10 bits per heavy atom. The van der Waals surface area contributed by atoms with E-state index >= 15 is 0 Å². The quantitative estimate of drug-likeness (QED) is 0.652. The molecule has 0 radical (unpaired) electrons. The van der Waals surface area contributed by atoms with Gasteiger partial charge in [-0.3, -0.25) is 0 Å². The van der Waals surface area contributed by atoms with Gasteiger partial charge in [0.05, 0.1) is 0 Å². The molecule has 2 rings (SSSR count). The Kier molecular flexibility index (Phi) is 4.60. The molecule has 0 saturated heterocycles. The average Bonchev–Trinajstić information content (AvgIpc) is 2.45. The van der Waals surface area contributed by atoms with Crippen molar-refractivity contribution in [1.82, 2.24) is 0 Å².